The fourth-order valence-electron chi connectivity index (χ4n) is 1.27. The fraction of sp³-hybridized carbons (Fsp3) is 0.182. The van der Waals surface area contributed by atoms with Crippen molar-refractivity contribution in [1.29, 1.82) is 0 Å². The molecule has 15 heavy (non-hydrogen) atoms. The fourth-order valence-corrected chi connectivity index (χ4v) is 1.99. The normalized spacial score (nSPS) is 10.5. The summed E-state index contributed by atoms with van der Waals surface area (Å²) in [5.41, 5.74) is 1.03. The van der Waals surface area contributed by atoms with Crippen LogP contribution in [0.2, 0.25) is 5.02 Å². The van der Waals surface area contributed by atoms with Gasteiger partial charge in [0.2, 0.25) is 0 Å². The largest absolute Gasteiger partial charge is 0.240 e. The highest BCUT2D eigenvalue weighted by molar-refractivity contribution is 7.99. The molecule has 0 N–H and O–H groups in total. The minimum absolute atomic E-state index is 0.745. The van der Waals surface area contributed by atoms with Crippen molar-refractivity contribution in [2.45, 2.75) is 11.9 Å². The first-order valence-corrected chi connectivity index (χ1v) is 6.10. The molecule has 78 valence electrons. The van der Waals surface area contributed by atoms with E-state index in [2.05, 4.69) is 12.0 Å². The van der Waals surface area contributed by atoms with Crippen LogP contribution < -0.4 is 0 Å². The number of nitrogens with zero attached hydrogens (tertiary/aromatic N) is 2. The minimum Gasteiger partial charge on any atom is -0.240 e. The van der Waals surface area contributed by atoms with Crippen molar-refractivity contribution in [2.24, 2.45) is 0 Å². The number of thioether (sulfide) groups is 1. The van der Waals surface area contributed by atoms with Crippen molar-refractivity contribution in [3.63, 3.8) is 0 Å². The summed E-state index contributed by atoms with van der Waals surface area (Å²) >= 11 is 7.56. The van der Waals surface area contributed by atoms with Crippen LogP contribution in [0.4, 0.5) is 0 Å². The predicted octanol–water partition coefficient (Wildman–Crippen LogP) is 3.64. The van der Waals surface area contributed by atoms with Crippen LogP contribution in [0.5, 0.6) is 0 Å². The summed E-state index contributed by atoms with van der Waals surface area (Å²) in [5.74, 6) is 1.04. The van der Waals surface area contributed by atoms with Crippen LogP contribution in [0, 0.1) is 0 Å². The van der Waals surface area contributed by atoms with Crippen LogP contribution in [0.1, 0.15) is 6.92 Å². The van der Waals surface area contributed by atoms with E-state index in [1.54, 1.807) is 11.8 Å². The van der Waals surface area contributed by atoms with Gasteiger partial charge >= 0.3 is 0 Å². The number of aromatic nitrogens is 2. The first-order valence-electron chi connectivity index (χ1n) is 4.74. The lowest BCUT2D eigenvalue weighted by Gasteiger charge is -2.00. The second kappa shape index (κ2) is 4.73. The first kappa shape index (κ1) is 10.6. The van der Waals surface area contributed by atoms with Crippen LogP contribution in [0.25, 0.3) is 5.69 Å². The Kier molecular flexibility index (Phi) is 3.34. The van der Waals surface area contributed by atoms with E-state index in [-0.39, 0.29) is 0 Å². The van der Waals surface area contributed by atoms with Gasteiger partial charge in [-0.3, -0.25) is 0 Å². The average molecular weight is 239 g/mol. The molecule has 4 heteroatoms. The standard InChI is InChI=1S/C11H11ClN2S/c1-2-15-11-7-8-14(13-11)10-5-3-9(12)4-6-10/h3-8H,2H2,1H3. The number of hydrogen-bond acceptors (Lipinski definition) is 2. The van der Waals surface area contributed by atoms with Crippen molar-refractivity contribution in [3.05, 3.63) is 41.6 Å². The Morgan fingerprint density at radius 2 is 2.00 bits per heavy atom. The molecule has 2 rings (SSSR count). The van der Waals surface area contributed by atoms with E-state index in [1.165, 1.54) is 0 Å². The van der Waals surface area contributed by atoms with E-state index < -0.39 is 0 Å². The summed E-state index contributed by atoms with van der Waals surface area (Å²) < 4.78 is 1.86. The monoisotopic (exact) mass is 238 g/mol. The third-order valence-corrected chi connectivity index (χ3v) is 3.00. The molecule has 1 heterocycles. The molecule has 0 radical (unpaired) electrons. The maximum Gasteiger partial charge on any atom is 0.119 e. The third kappa shape index (κ3) is 2.55. The highest BCUT2D eigenvalue weighted by Crippen LogP contribution is 2.17. The number of rotatable bonds is 3. The average Bonchev–Trinajstić information content (AvgIpc) is 2.68. The van der Waals surface area contributed by atoms with E-state index in [4.69, 9.17) is 11.6 Å². The maximum absolute atomic E-state index is 5.82. The molecule has 0 spiro atoms. The van der Waals surface area contributed by atoms with Crippen molar-refractivity contribution >= 4 is 23.4 Å². The smallest absolute Gasteiger partial charge is 0.119 e. The molecule has 1 aromatic heterocycles. The molecule has 0 aliphatic heterocycles. The highest BCUT2D eigenvalue weighted by atomic mass is 35.5. The van der Waals surface area contributed by atoms with Crippen LogP contribution in [0.15, 0.2) is 41.6 Å². The molecule has 0 fully saturated rings. The Morgan fingerprint density at radius 3 is 2.67 bits per heavy atom. The van der Waals surface area contributed by atoms with E-state index in [1.807, 2.05) is 41.2 Å². The molecular formula is C11H11ClN2S. The van der Waals surface area contributed by atoms with Gasteiger partial charge in [0.1, 0.15) is 5.03 Å². The molecule has 2 aromatic rings. The molecule has 0 unspecified atom stereocenters. The first-order chi connectivity index (χ1) is 7.29. The Morgan fingerprint density at radius 1 is 1.27 bits per heavy atom. The minimum atomic E-state index is 0.745. The summed E-state index contributed by atoms with van der Waals surface area (Å²) in [4.78, 5) is 0. The van der Waals surface area contributed by atoms with Gasteiger partial charge in [0.15, 0.2) is 0 Å². The van der Waals surface area contributed by atoms with Gasteiger partial charge < -0.3 is 0 Å². The summed E-state index contributed by atoms with van der Waals surface area (Å²) in [7, 11) is 0. The highest BCUT2D eigenvalue weighted by Gasteiger charge is 2.00. The molecule has 0 saturated carbocycles. The van der Waals surface area contributed by atoms with Crippen LogP contribution in [-0.4, -0.2) is 15.5 Å². The Labute approximate surface area is 98.3 Å². The van der Waals surface area contributed by atoms with E-state index in [0.717, 1.165) is 21.5 Å². The molecule has 0 aliphatic carbocycles. The summed E-state index contributed by atoms with van der Waals surface area (Å²) in [6.07, 6.45) is 1.96. The van der Waals surface area contributed by atoms with Crippen molar-refractivity contribution in [3.8, 4) is 5.69 Å². The Balaban J connectivity index is 2.25. The van der Waals surface area contributed by atoms with Crippen molar-refractivity contribution in [1.82, 2.24) is 9.78 Å². The molecule has 0 atom stereocenters. The van der Waals surface area contributed by atoms with Crippen molar-refractivity contribution < 1.29 is 0 Å². The van der Waals surface area contributed by atoms with Crippen molar-refractivity contribution in [2.75, 3.05) is 5.75 Å². The lowest BCUT2D eigenvalue weighted by Crippen LogP contribution is -1.93. The number of halogens is 1. The van der Waals surface area contributed by atoms with E-state index >= 15 is 0 Å². The zero-order valence-electron chi connectivity index (χ0n) is 8.35. The van der Waals surface area contributed by atoms with Gasteiger partial charge in [0.25, 0.3) is 0 Å². The van der Waals surface area contributed by atoms with Gasteiger partial charge in [0.05, 0.1) is 5.69 Å². The third-order valence-electron chi connectivity index (χ3n) is 1.95. The SMILES string of the molecule is CCSc1ccn(-c2ccc(Cl)cc2)n1. The number of hydrogen-bond donors (Lipinski definition) is 0. The zero-order chi connectivity index (χ0) is 10.7. The zero-order valence-corrected chi connectivity index (χ0v) is 9.92. The van der Waals surface area contributed by atoms with Gasteiger partial charge in [0, 0.05) is 11.2 Å². The van der Waals surface area contributed by atoms with Gasteiger partial charge in [-0.15, -0.1) is 11.8 Å². The van der Waals surface area contributed by atoms with E-state index in [9.17, 15) is 0 Å². The quantitative estimate of drug-likeness (QED) is 0.760. The van der Waals surface area contributed by atoms with Crippen LogP contribution in [0.3, 0.4) is 0 Å². The summed E-state index contributed by atoms with van der Waals surface area (Å²) in [5, 5.41) is 6.23. The molecule has 0 saturated heterocycles. The molecule has 0 aliphatic rings. The topological polar surface area (TPSA) is 17.8 Å². The maximum atomic E-state index is 5.82. The van der Waals surface area contributed by atoms with Gasteiger partial charge in [-0.05, 0) is 36.1 Å². The number of benzene rings is 1. The van der Waals surface area contributed by atoms with Gasteiger partial charge in [-0.25, -0.2) is 4.68 Å². The predicted molar refractivity (Wildman–Crippen MR) is 65.0 cm³/mol. The lowest BCUT2D eigenvalue weighted by atomic mass is 10.3. The molecule has 0 amide bonds. The van der Waals surface area contributed by atoms with E-state index in [0.29, 0.717) is 0 Å². The summed E-state index contributed by atoms with van der Waals surface area (Å²) in [6, 6.07) is 9.66. The second-order valence-electron chi connectivity index (χ2n) is 3.01. The molecule has 0 bridgehead atoms. The van der Waals surface area contributed by atoms with Gasteiger partial charge in [-0.1, -0.05) is 18.5 Å². The molecule has 2 nitrogen and oxygen atoms in total. The Hall–Kier alpha value is -0.930. The molecule has 1 aromatic carbocycles. The van der Waals surface area contributed by atoms with Crippen LogP contribution in [-0.2, 0) is 0 Å². The van der Waals surface area contributed by atoms with Crippen LogP contribution >= 0.6 is 23.4 Å². The molecular weight excluding hydrogens is 228 g/mol. The van der Waals surface area contributed by atoms with Gasteiger partial charge in [-0.2, -0.15) is 5.10 Å². The Bertz CT molecular complexity index is 436. The lowest BCUT2D eigenvalue weighted by molar-refractivity contribution is 0.837. The second-order valence-corrected chi connectivity index (χ2v) is 4.73. The summed E-state index contributed by atoms with van der Waals surface area (Å²) in [6.45, 7) is 2.12.